The number of pyridine rings is 1. The minimum absolute atomic E-state index is 0.0344. The molecule has 21 heavy (non-hydrogen) atoms. The first-order chi connectivity index (χ1) is 10.3. The van der Waals surface area contributed by atoms with E-state index in [0.717, 1.165) is 43.4 Å². The number of aromatic nitrogens is 1. The molecular formula is C17H18N2O2. The van der Waals surface area contributed by atoms with Gasteiger partial charge in [-0.2, -0.15) is 0 Å². The van der Waals surface area contributed by atoms with E-state index in [-0.39, 0.29) is 11.3 Å². The lowest BCUT2D eigenvalue weighted by Crippen LogP contribution is -2.32. The highest BCUT2D eigenvalue weighted by atomic mass is 16.3. The number of hydrogen-bond acceptors (Lipinski definition) is 3. The number of carbonyl (C=O) groups is 1. The third-order valence-corrected chi connectivity index (χ3v) is 4.71. The van der Waals surface area contributed by atoms with Crippen LogP contribution in [0.4, 0.5) is 0 Å². The predicted octanol–water partition coefficient (Wildman–Crippen LogP) is 2.62. The molecule has 2 aliphatic carbocycles. The number of hydrogen-bond donors (Lipinski definition) is 1. The highest BCUT2D eigenvalue weighted by molar-refractivity contribution is 5.93. The van der Waals surface area contributed by atoms with Gasteiger partial charge in [0.2, 0.25) is 0 Å². The molecule has 0 atom stereocenters. The molecular weight excluding hydrogens is 264 g/mol. The zero-order valence-electron chi connectivity index (χ0n) is 11.9. The first-order valence-electron chi connectivity index (χ1n) is 7.57. The van der Waals surface area contributed by atoms with Gasteiger partial charge in [0.05, 0.1) is 6.26 Å². The quantitative estimate of drug-likeness (QED) is 0.938. The number of fused-ring (bicyclic) bond motifs is 1. The van der Waals surface area contributed by atoms with Crippen LogP contribution in [-0.4, -0.2) is 17.4 Å². The fraction of sp³-hybridized carbons (Fsp3) is 0.412. The second-order valence-corrected chi connectivity index (χ2v) is 6.10. The molecule has 2 aliphatic rings. The SMILES string of the molecule is O=C(NCC1(c2ccccn2)CC1)c1occ2c1CCC2. The molecule has 0 aliphatic heterocycles. The fourth-order valence-electron chi connectivity index (χ4n) is 3.23. The van der Waals surface area contributed by atoms with Crippen molar-refractivity contribution < 1.29 is 9.21 Å². The van der Waals surface area contributed by atoms with Gasteiger partial charge < -0.3 is 9.73 Å². The van der Waals surface area contributed by atoms with Crippen molar-refractivity contribution in [2.45, 2.75) is 37.5 Å². The first kappa shape index (κ1) is 12.6. The summed E-state index contributed by atoms with van der Waals surface area (Å²) in [6.07, 6.45) is 8.84. The Morgan fingerprint density at radius 1 is 1.33 bits per heavy atom. The summed E-state index contributed by atoms with van der Waals surface area (Å²) in [7, 11) is 0. The van der Waals surface area contributed by atoms with Gasteiger partial charge in [-0.1, -0.05) is 6.07 Å². The van der Waals surface area contributed by atoms with Crippen LogP contribution in [0.5, 0.6) is 0 Å². The minimum atomic E-state index is -0.0830. The van der Waals surface area contributed by atoms with Crippen molar-refractivity contribution in [3.8, 4) is 0 Å². The molecule has 0 unspecified atom stereocenters. The number of amides is 1. The molecule has 2 aromatic heterocycles. The summed E-state index contributed by atoms with van der Waals surface area (Å²) in [5.41, 5.74) is 3.42. The van der Waals surface area contributed by atoms with Crippen LogP contribution >= 0.6 is 0 Å². The highest BCUT2D eigenvalue weighted by Gasteiger charge is 2.45. The Morgan fingerprint density at radius 2 is 2.24 bits per heavy atom. The van der Waals surface area contributed by atoms with E-state index in [1.54, 1.807) is 6.26 Å². The fourth-order valence-corrected chi connectivity index (χ4v) is 3.23. The van der Waals surface area contributed by atoms with Crippen molar-refractivity contribution in [1.82, 2.24) is 10.3 Å². The summed E-state index contributed by atoms with van der Waals surface area (Å²) in [5, 5.41) is 3.04. The molecule has 4 nitrogen and oxygen atoms in total. The monoisotopic (exact) mass is 282 g/mol. The van der Waals surface area contributed by atoms with Gasteiger partial charge in [0, 0.05) is 29.4 Å². The van der Waals surface area contributed by atoms with Crippen LogP contribution < -0.4 is 5.32 Å². The number of carbonyl (C=O) groups excluding carboxylic acids is 1. The molecule has 4 rings (SSSR count). The second-order valence-electron chi connectivity index (χ2n) is 6.10. The molecule has 0 spiro atoms. The Labute approximate surface area is 123 Å². The third kappa shape index (κ3) is 2.15. The van der Waals surface area contributed by atoms with Gasteiger partial charge in [-0.25, -0.2) is 0 Å². The summed E-state index contributed by atoms with van der Waals surface area (Å²) in [4.78, 5) is 16.8. The van der Waals surface area contributed by atoms with Gasteiger partial charge in [0.15, 0.2) is 5.76 Å². The molecule has 0 saturated heterocycles. The van der Waals surface area contributed by atoms with Gasteiger partial charge in [0.25, 0.3) is 5.91 Å². The number of rotatable bonds is 4. The summed E-state index contributed by atoms with van der Waals surface area (Å²) < 4.78 is 5.46. The molecule has 108 valence electrons. The molecule has 0 radical (unpaired) electrons. The average Bonchev–Trinajstić information content (AvgIpc) is 2.98. The van der Waals surface area contributed by atoms with E-state index >= 15 is 0 Å². The third-order valence-electron chi connectivity index (χ3n) is 4.71. The van der Waals surface area contributed by atoms with Crippen molar-refractivity contribution >= 4 is 5.91 Å². The van der Waals surface area contributed by atoms with Gasteiger partial charge in [-0.3, -0.25) is 9.78 Å². The van der Waals surface area contributed by atoms with Crippen LogP contribution in [0, 0.1) is 0 Å². The standard InChI is InChI=1S/C17H18N2O2/c20-16(15-13-5-3-4-12(13)10-21-15)19-11-17(7-8-17)14-6-1-2-9-18-14/h1-2,6,9-10H,3-5,7-8,11H2,(H,19,20). The van der Waals surface area contributed by atoms with Crippen LogP contribution in [0.3, 0.4) is 0 Å². The van der Waals surface area contributed by atoms with E-state index in [1.807, 2.05) is 24.4 Å². The van der Waals surface area contributed by atoms with Gasteiger partial charge in [-0.05, 0) is 49.8 Å². The van der Waals surface area contributed by atoms with Crippen LogP contribution in [-0.2, 0) is 18.3 Å². The Kier molecular flexibility index (Phi) is 2.84. The average molecular weight is 282 g/mol. The first-order valence-corrected chi connectivity index (χ1v) is 7.57. The molecule has 1 fully saturated rings. The van der Waals surface area contributed by atoms with Crippen molar-refractivity contribution in [3.05, 3.63) is 53.2 Å². The maximum Gasteiger partial charge on any atom is 0.287 e. The Hall–Kier alpha value is -2.10. The summed E-state index contributed by atoms with van der Waals surface area (Å²) in [5.74, 6) is 0.430. The Morgan fingerprint density at radius 3 is 3.00 bits per heavy atom. The summed E-state index contributed by atoms with van der Waals surface area (Å²) in [6.45, 7) is 0.637. The van der Waals surface area contributed by atoms with Crippen molar-refractivity contribution in [1.29, 1.82) is 0 Å². The molecule has 1 amide bonds. The lowest BCUT2D eigenvalue weighted by molar-refractivity contribution is 0.0920. The van der Waals surface area contributed by atoms with Crippen molar-refractivity contribution in [2.75, 3.05) is 6.54 Å². The topological polar surface area (TPSA) is 55.1 Å². The Balaban J connectivity index is 1.46. The zero-order chi connectivity index (χ0) is 14.3. The molecule has 0 bridgehead atoms. The van der Waals surface area contributed by atoms with Crippen LogP contribution in [0.2, 0.25) is 0 Å². The lowest BCUT2D eigenvalue weighted by Gasteiger charge is -2.15. The molecule has 2 aromatic rings. The van der Waals surface area contributed by atoms with Gasteiger partial charge in [-0.15, -0.1) is 0 Å². The van der Waals surface area contributed by atoms with Gasteiger partial charge >= 0.3 is 0 Å². The van der Waals surface area contributed by atoms with E-state index in [2.05, 4.69) is 10.3 Å². The number of aryl methyl sites for hydroxylation is 1. The van der Waals surface area contributed by atoms with Gasteiger partial charge in [0.1, 0.15) is 0 Å². The number of nitrogens with one attached hydrogen (secondary N) is 1. The van der Waals surface area contributed by atoms with Crippen molar-refractivity contribution in [3.63, 3.8) is 0 Å². The number of nitrogens with zero attached hydrogens (tertiary/aromatic N) is 1. The lowest BCUT2D eigenvalue weighted by atomic mass is 10.0. The maximum absolute atomic E-state index is 12.3. The van der Waals surface area contributed by atoms with Crippen LogP contribution in [0.15, 0.2) is 35.1 Å². The van der Waals surface area contributed by atoms with Crippen LogP contribution in [0.25, 0.3) is 0 Å². The highest BCUT2D eigenvalue weighted by Crippen LogP contribution is 2.46. The largest absolute Gasteiger partial charge is 0.459 e. The second kappa shape index (κ2) is 4.72. The smallest absolute Gasteiger partial charge is 0.287 e. The molecule has 1 N–H and O–H groups in total. The molecule has 1 saturated carbocycles. The number of furan rings is 1. The minimum Gasteiger partial charge on any atom is -0.459 e. The maximum atomic E-state index is 12.3. The van der Waals surface area contributed by atoms with E-state index in [9.17, 15) is 4.79 Å². The van der Waals surface area contributed by atoms with Crippen molar-refractivity contribution in [2.24, 2.45) is 0 Å². The summed E-state index contributed by atoms with van der Waals surface area (Å²) >= 11 is 0. The van der Waals surface area contributed by atoms with E-state index in [1.165, 1.54) is 5.56 Å². The normalized spacial score (nSPS) is 18.3. The zero-order valence-corrected chi connectivity index (χ0v) is 11.9. The molecule has 0 aromatic carbocycles. The Bertz CT molecular complexity index is 671. The van der Waals surface area contributed by atoms with Crippen LogP contribution in [0.1, 0.15) is 46.6 Å². The van der Waals surface area contributed by atoms with E-state index in [0.29, 0.717) is 12.3 Å². The van der Waals surface area contributed by atoms with E-state index in [4.69, 9.17) is 4.42 Å². The predicted molar refractivity (Wildman–Crippen MR) is 78.2 cm³/mol. The molecule has 2 heterocycles. The van der Waals surface area contributed by atoms with E-state index < -0.39 is 0 Å². The summed E-state index contributed by atoms with van der Waals surface area (Å²) in [6, 6.07) is 5.97. The molecule has 4 heteroatoms.